The second-order valence-corrected chi connectivity index (χ2v) is 9.97. The van der Waals surface area contributed by atoms with E-state index in [0.717, 1.165) is 18.5 Å². The van der Waals surface area contributed by atoms with E-state index in [2.05, 4.69) is 10.4 Å². The van der Waals surface area contributed by atoms with Gasteiger partial charge in [0.05, 0.1) is 22.0 Å². The van der Waals surface area contributed by atoms with Gasteiger partial charge in [-0.25, -0.2) is 28.0 Å². The molecule has 1 aromatic carbocycles. The quantitative estimate of drug-likeness (QED) is 0.504. The van der Waals surface area contributed by atoms with E-state index in [0.29, 0.717) is 28.1 Å². The number of carbonyl (C=O) groups excluding carboxylic acids is 2. The van der Waals surface area contributed by atoms with Crippen molar-refractivity contribution in [3.63, 3.8) is 0 Å². The van der Waals surface area contributed by atoms with Crippen molar-refractivity contribution in [2.45, 2.75) is 50.5 Å². The number of anilines is 1. The molecule has 174 valence electrons. The van der Waals surface area contributed by atoms with E-state index in [-0.39, 0.29) is 16.6 Å². The Labute approximate surface area is 191 Å². The summed E-state index contributed by atoms with van der Waals surface area (Å²) in [4.78, 5) is 29.8. The molecule has 10 nitrogen and oxygen atoms in total. The number of sulfonamides is 1. The van der Waals surface area contributed by atoms with Crippen LogP contribution in [0.1, 0.15) is 60.3 Å². The molecule has 0 radical (unpaired) electrons. The first-order valence-corrected chi connectivity index (χ1v) is 12.1. The summed E-state index contributed by atoms with van der Waals surface area (Å²) in [5.74, 6) is -0.954. The average molecular weight is 472 g/mol. The predicted molar refractivity (Wildman–Crippen MR) is 121 cm³/mol. The normalized spacial score (nSPS) is 14.0. The Morgan fingerprint density at radius 3 is 2.64 bits per heavy atom. The molecule has 0 saturated heterocycles. The van der Waals surface area contributed by atoms with E-state index >= 15 is 0 Å². The lowest BCUT2D eigenvalue weighted by atomic mass is 10.1. The van der Waals surface area contributed by atoms with Gasteiger partial charge < -0.3 is 10.1 Å². The zero-order valence-electron chi connectivity index (χ0n) is 18.5. The third kappa shape index (κ3) is 4.88. The van der Waals surface area contributed by atoms with E-state index in [1.165, 1.54) is 12.1 Å². The molecule has 3 aromatic rings. The number of nitrogens with two attached hydrogens (primary N) is 1. The van der Waals surface area contributed by atoms with E-state index in [9.17, 15) is 18.0 Å². The molecule has 2 aromatic heterocycles. The van der Waals surface area contributed by atoms with Crippen LogP contribution in [0.4, 0.5) is 5.69 Å². The Morgan fingerprint density at radius 2 is 2.00 bits per heavy atom. The van der Waals surface area contributed by atoms with Crippen LogP contribution in [0.2, 0.25) is 0 Å². The van der Waals surface area contributed by atoms with Gasteiger partial charge in [-0.3, -0.25) is 4.79 Å². The molecule has 2 heterocycles. The number of nitrogens with one attached hydrogen (secondary N) is 1. The fourth-order valence-electron chi connectivity index (χ4n) is 3.56. The third-order valence-corrected chi connectivity index (χ3v) is 6.46. The Bertz CT molecular complexity index is 1360. The van der Waals surface area contributed by atoms with E-state index < -0.39 is 28.5 Å². The highest BCUT2D eigenvalue weighted by atomic mass is 32.2. The second-order valence-electron chi connectivity index (χ2n) is 8.44. The summed E-state index contributed by atoms with van der Waals surface area (Å²) in [5, 5.41) is 12.6. The van der Waals surface area contributed by atoms with Gasteiger partial charge in [0.2, 0.25) is 10.0 Å². The van der Waals surface area contributed by atoms with Crippen LogP contribution in [0.3, 0.4) is 0 Å². The summed E-state index contributed by atoms with van der Waals surface area (Å²) >= 11 is 0. The number of benzene rings is 1. The Kier molecular flexibility index (Phi) is 5.93. The maximum absolute atomic E-state index is 12.9. The number of hydrogen-bond donors (Lipinski definition) is 2. The van der Waals surface area contributed by atoms with Crippen LogP contribution in [0, 0.1) is 6.92 Å². The number of pyridine rings is 1. The molecule has 33 heavy (non-hydrogen) atoms. The lowest BCUT2D eigenvalue weighted by Crippen LogP contribution is -2.22. The van der Waals surface area contributed by atoms with Gasteiger partial charge in [-0.2, -0.15) is 5.10 Å². The number of primary sulfonamides is 1. The Morgan fingerprint density at radius 1 is 1.27 bits per heavy atom. The summed E-state index contributed by atoms with van der Waals surface area (Å²) in [6, 6.07) is 6.11. The third-order valence-electron chi connectivity index (χ3n) is 5.40. The van der Waals surface area contributed by atoms with Crippen molar-refractivity contribution in [1.82, 2.24) is 14.8 Å². The minimum absolute atomic E-state index is 0.0656. The number of aromatic nitrogens is 3. The van der Waals surface area contributed by atoms with Crippen LogP contribution in [0.5, 0.6) is 0 Å². The maximum atomic E-state index is 12.9. The fraction of sp³-hybridized carbons (Fsp3) is 0.364. The highest BCUT2D eigenvalue weighted by Gasteiger charge is 2.28. The number of nitrogens with zero attached hydrogens (tertiary/aromatic N) is 3. The predicted octanol–water partition coefficient (Wildman–Crippen LogP) is 2.64. The number of esters is 1. The number of ether oxygens (including phenoxy) is 1. The molecular formula is C22H25N5O5S. The van der Waals surface area contributed by atoms with Crippen molar-refractivity contribution in [2.75, 3.05) is 11.9 Å². The van der Waals surface area contributed by atoms with Crippen molar-refractivity contribution >= 4 is 38.6 Å². The van der Waals surface area contributed by atoms with Crippen molar-refractivity contribution < 1.29 is 22.7 Å². The highest BCUT2D eigenvalue weighted by molar-refractivity contribution is 7.89. The molecule has 3 N–H and O–H groups in total. The smallest absolute Gasteiger partial charge is 0.339 e. The summed E-state index contributed by atoms with van der Waals surface area (Å²) in [5.41, 5.74) is 2.43. The van der Waals surface area contributed by atoms with Crippen LogP contribution in [-0.2, 0) is 19.6 Å². The molecular weight excluding hydrogens is 446 g/mol. The Balaban J connectivity index is 1.51. The zero-order chi connectivity index (χ0) is 23.9. The monoisotopic (exact) mass is 471 g/mol. The van der Waals surface area contributed by atoms with Gasteiger partial charge >= 0.3 is 5.97 Å². The first-order chi connectivity index (χ1) is 15.5. The van der Waals surface area contributed by atoms with Gasteiger partial charge in [-0.1, -0.05) is 6.07 Å². The minimum atomic E-state index is -3.94. The molecule has 1 aliphatic rings. The SMILES string of the molecule is Cc1ccc(NC(=O)COC(=O)c2cc(C3CC3)nc3c2cnn3C(C)C)cc1S(N)(=O)=O. The lowest BCUT2D eigenvalue weighted by Gasteiger charge is -2.11. The van der Waals surface area contributed by atoms with Crippen molar-refractivity contribution in [3.05, 3.63) is 47.3 Å². The van der Waals surface area contributed by atoms with Gasteiger partial charge in [-0.15, -0.1) is 0 Å². The number of rotatable bonds is 7. The molecule has 0 spiro atoms. The van der Waals surface area contributed by atoms with Crippen LogP contribution in [-0.4, -0.2) is 41.7 Å². The molecule has 0 aliphatic heterocycles. The zero-order valence-corrected chi connectivity index (χ0v) is 19.3. The van der Waals surface area contributed by atoms with Gasteiger partial charge in [0.1, 0.15) is 0 Å². The molecule has 1 saturated carbocycles. The van der Waals surface area contributed by atoms with Crippen LogP contribution < -0.4 is 10.5 Å². The van der Waals surface area contributed by atoms with Gasteiger partial charge in [0.15, 0.2) is 12.3 Å². The first kappa shape index (κ1) is 22.9. The van der Waals surface area contributed by atoms with Crippen molar-refractivity contribution in [2.24, 2.45) is 5.14 Å². The number of carbonyl (C=O) groups is 2. The number of amides is 1. The molecule has 11 heteroatoms. The van der Waals surface area contributed by atoms with E-state index in [1.54, 1.807) is 29.9 Å². The van der Waals surface area contributed by atoms with Crippen LogP contribution in [0.15, 0.2) is 35.4 Å². The molecule has 4 rings (SSSR count). The lowest BCUT2D eigenvalue weighted by molar-refractivity contribution is -0.119. The number of aryl methyl sites for hydroxylation is 1. The summed E-state index contributed by atoms with van der Waals surface area (Å²) in [6.45, 7) is 5.01. The summed E-state index contributed by atoms with van der Waals surface area (Å²) in [6.07, 6.45) is 3.61. The molecule has 1 amide bonds. The average Bonchev–Trinajstić information content (AvgIpc) is 3.50. The van der Waals surface area contributed by atoms with E-state index in [1.807, 2.05) is 13.8 Å². The van der Waals surface area contributed by atoms with Crippen LogP contribution in [0.25, 0.3) is 11.0 Å². The molecule has 0 bridgehead atoms. The van der Waals surface area contributed by atoms with Crippen molar-refractivity contribution in [1.29, 1.82) is 0 Å². The second kappa shape index (κ2) is 8.56. The first-order valence-electron chi connectivity index (χ1n) is 10.5. The molecule has 0 unspecified atom stereocenters. The van der Waals surface area contributed by atoms with Crippen molar-refractivity contribution in [3.8, 4) is 0 Å². The minimum Gasteiger partial charge on any atom is -0.452 e. The fourth-order valence-corrected chi connectivity index (χ4v) is 4.37. The summed E-state index contributed by atoms with van der Waals surface area (Å²) < 4.78 is 30.4. The van der Waals surface area contributed by atoms with Crippen LogP contribution >= 0.6 is 0 Å². The van der Waals surface area contributed by atoms with E-state index in [4.69, 9.17) is 14.9 Å². The van der Waals surface area contributed by atoms with Gasteiger partial charge in [-0.05, 0) is 57.4 Å². The van der Waals surface area contributed by atoms with Gasteiger partial charge in [0.25, 0.3) is 5.91 Å². The largest absolute Gasteiger partial charge is 0.452 e. The highest BCUT2D eigenvalue weighted by Crippen LogP contribution is 2.40. The number of fused-ring (bicyclic) bond motifs is 1. The maximum Gasteiger partial charge on any atom is 0.339 e. The Hall–Kier alpha value is -3.31. The molecule has 0 atom stereocenters. The molecule has 1 aliphatic carbocycles. The summed E-state index contributed by atoms with van der Waals surface area (Å²) in [7, 11) is -3.94. The standard InChI is InChI=1S/C22H25N5O5S/c1-12(2)27-21-17(10-24-27)16(9-18(26-21)14-5-6-14)22(29)32-11-20(28)25-15-7-4-13(3)19(8-15)33(23,30)31/h4,7-10,12,14H,5-6,11H2,1-3H3,(H,25,28)(H2,23,30,31). The number of hydrogen-bond acceptors (Lipinski definition) is 7. The van der Waals surface area contributed by atoms with Gasteiger partial charge in [0, 0.05) is 23.3 Å². The topological polar surface area (TPSA) is 146 Å². The molecule has 1 fully saturated rings.